The van der Waals surface area contributed by atoms with Crippen LogP contribution in [0.25, 0.3) is 11.5 Å². The summed E-state index contributed by atoms with van der Waals surface area (Å²) in [4.78, 5) is 20.2. The molecule has 26 heavy (non-hydrogen) atoms. The number of aryl methyl sites for hydroxylation is 1. The van der Waals surface area contributed by atoms with Crippen molar-refractivity contribution in [3.05, 3.63) is 65.8 Å². The average Bonchev–Trinajstić information content (AvgIpc) is 3.09. The number of amides is 1. The first-order chi connectivity index (χ1) is 12.4. The number of carbonyl (C=O) groups is 1. The lowest BCUT2D eigenvalue weighted by molar-refractivity contribution is -0.153. The van der Waals surface area contributed by atoms with Crippen molar-refractivity contribution in [2.75, 3.05) is 5.32 Å². The number of rotatable bonds is 4. The third kappa shape index (κ3) is 3.74. The highest BCUT2D eigenvalue weighted by Gasteiger charge is 2.42. The maximum absolute atomic E-state index is 13.2. The van der Waals surface area contributed by atoms with Crippen molar-refractivity contribution >= 4 is 11.6 Å². The van der Waals surface area contributed by atoms with E-state index in [1.54, 1.807) is 42.5 Å². The summed E-state index contributed by atoms with van der Waals surface area (Å²) in [5.41, 5.74) is 0.582. The van der Waals surface area contributed by atoms with Crippen LogP contribution in [0.5, 0.6) is 0 Å². The minimum atomic E-state index is -4.85. The van der Waals surface area contributed by atoms with E-state index in [9.17, 15) is 18.0 Å². The molecule has 8 heteroatoms. The van der Waals surface area contributed by atoms with Gasteiger partial charge in [-0.05, 0) is 30.7 Å². The van der Waals surface area contributed by atoms with Crippen LogP contribution in [0.2, 0.25) is 0 Å². The largest absolute Gasteiger partial charge is 0.452 e. The van der Waals surface area contributed by atoms with Crippen molar-refractivity contribution in [2.24, 2.45) is 0 Å². The fourth-order valence-electron chi connectivity index (χ4n) is 2.27. The van der Waals surface area contributed by atoms with Gasteiger partial charge >= 0.3 is 6.18 Å². The lowest BCUT2D eigenvalue weighted by atomic mass is 10.2. The Morgan fingerprint density at radius 2 is 1.88 bits per heavy atom. The number of alkyl halides is 3. The number of benzene rings is 1. The molecule has 0 atom stereocenters. The van der Waals surface area contributed by atoms with Gasteiger partial charge in [0.25, 0.3) is 5.91 Å². The molecule has 134 valence electrons. The molecule has 0 aliphatic carbocycles. The quantitative estimate of drug-likeness (QED) is 0.739. The van der Waals surface area contributed by atoms with E-state index in [4.69, 9.17) is 4.42 Å². The second kappa shape index (κ2) is 6.99. The highest BCUT2D eigenvalue weighted by atomic mass is 19.4. The molecule has 0 radical (unpaired) electrons. The number of nitrogens with zero attached hydrogens (tertiary/aromatic N) is 2. The Morgan fingerprint density at radius 3 is 2.46 bits per heavy atom. The van der Waals surface area contributed by atoms with E-state index in [2.05, 4.69) is 15.3 Å². The van der Waals surface area contributed by atoms with Gasteiger partial charge in [0, 0.05) is 11.3 Å². The van der Waals surface area contributed by atoms with Crippen molar-refractivity contribution < 1.29 is 22.4 Å². The van der Waals surface area contributed by atoms with Crippen molar-refractivity contribution in [1.29, 1.82) is 0 Å². The van der Waals surface area contributed by atoms with Crippen LogP contribution in [-0.4, -0.2) is 15.9 Å². The number of aromatic nitrogens is 2. The minimum absolute atomic E-state index is 0.268. The molecular weight excluding hydrogens is 347 g/mol. The molecule has 2 aromatic heterocycles. The Balaban J connectivity index is 1.94. The Morgan fingerprint density at radius 1 is 1.15 bits per heavy atom. The molecule has 1 N–H and O–H groups in total. The number of oxazole rings is 1. The standard InChI is InChI=1S/C18H14F3N3O2/c1-2-12-8-9-13(10-22-12)23-16(25)14-15(18(19,20)21)26-17(24-14)11-6-4-3-5-7-11/h3-10H,2H2,1H3,(H,23,25). The van der Waals surface area contributed by atoms with E-state index >= 15 is 0 Å². The van der Waals surface area contributed by atoms with Gasteiger partial charge in [0.1, 0.15) is 0 Å². The molecule has 0 saturated carbocycles. The zero-order chi connectivity index (χ0) is 18.7. The summed E-state index contributed by atoms with van der Waals surface area (Å²) >= 11 is 0. The highest BCUT2D eigenvalue weighted by molar-refractivity contribution is 6.03. The summed E-state index contributed by atoms with van der Waals surface area (Å²) in [6.45, 7) is 1.91. The number of hydrogen-bond acceptors (Lipinski definition) is 4. The molecular formula is C18H14F3N3O2. The Hall–Kier alpha value is -3.16. The average molecular weight is 361 g/mol. The van der Waals surface area contributed by atoms with Crippen molar-refractivity contribution in [3.63, 3.8) is 0 Å². The summed E-state index contributed by atoms with van der Waals surface area (Å²) in [7, 11) is 0. The van der Waals surface area contributed by atoms with Gasteiger partial charge in [0.05, 0.1) is 11.9 Å². The number of halogens is 3. The van der Waals surface area contributed by atoms with Gasteiger partial charge in [-0.2, -0.15) is 13.2 Å². The van der Waals surface area contributed by atoms with E-state index in [0.29, 0.717) is 12.0 Å². The number of carbonyl (C=O) groups excluding carboxylic acids is 1. The monoisotopic (exact) mass is 361 g/mol. The SMILES string of the molecule is CCc1ccc(NC(=O)c2nc(-c3ccccc3)oc2C(F)(F)F)cn1. The zero-order valence-electron chi connectivity index (χ0n) is 13.7. The molecule has 0 unspecified atom stereocenters. The maximum atomic E-state index is 13.2. The molecule has 1 amide bonds. The fraction of sp³-hybridized carbons (Fsp3) is 0.167. The van der Waals surface area contributed by atoms with Gasteiger partial charge in [0.2, 0.25) is 11.7 Å². The van der Waals surface area contributed by atoms with Crippen LogP contribution in [0.1, 0.15) is 28.9 Å². The lowest BCUT2D eigenvalue weighted by Crippen LogP contribution is -2.18. The maximum Gasteiger partial charge on any atom is 0.452 e. The van der Waals surface area contributed by atoms with Gasteiger partial charge in [0.15, 0.2) is 5.69 Å². The third-order valence-electron chi connectivity index (χ3n) is 3.57. The van der Waals surface area contributed by atoms with E-state index < -0.39 is 23.5 Å². The van der Waals surface area contributed by atoms with Gasteiger partial charge in [-0.1, -0.05) is 25.1 Å². The molecule has 3 rings (SSSR count). The first-order valence-electron chi connectivity index (χ1n) is 7.78. The number of pyridine rings is 1. The fourth-order valence-corrected chi connectivity index (χ4v) is 2.27. The summed E-state index contributed by atoms with van der Waals surface area (Å²) < 4.78 is 44.6. The molecule has 3 aromatic rings. The first kappa shape index (κ1) is 17.7. The second-order valence-corrected chi connectivity index (χ2v) is 5.41. The molecule has 2 heterocycles. The number of hydrogen-bond donors (Lipinski definition) is 1. The van der Waals surface area contributed by atoms with Crippen LogP contribution in [0.4, 0.5) is 18.9 Å². The van der Waals surface area contributed by atoms with Gasteiger partial charge in [-0.15, -0.1) is 0 Å². The van der Waals surface area contributed by atoms with Crippen LogP contribution in [0.3, 0.4) is 0 Å². The summed E-state index contributed by atoms with van der Waals surface area (Å²) in [6, 6.07) is 11.3. The van der Waals surface area contributed by atoms with Gasteiger partial charge in [-0.3, -0.25) is 9.78 Å². The normalized spacial score (nSPS) is 11.4. The summed E-state index contributed by atoms with van der Waals surface area (Å²) in [5.74, 6) is -2.73. The Kier molecular flexibility index (Phi) is 4.75. The van der Waals surface area contributed by atoms with Crippen LogP contribution in [0, 0.1) is 0 Å². The molecule has 0 aliphatic heterocycles. The Labute approximate surface area is 146 Å². The van der Waals surface area contributed by atoms with Crippen LogP contribution < -0.4 is 5.32 Å². The Bertz CT molecular complexity index is 904. The van der Waals surface area contributed by atoms with E-state index in [-0.39, 0.29) is 11.6 Å². The molecule has 0 spiro atoms. The zero-order valence-corrected chi connectivity index (χ0v) is 13.7. The predicted octanol–water partition coefficient (Wildman–Crippen LogP) is 4.57. The van der Waals surface area contributed by atoms with Crippen LogP contribution in [0.15, 0.2) is 53.1 Å². The molecule has 5 nitrogen and oxygen atoms in total. The molecule has 1 aromatic carbocycles. The van der Waals surface area contributed by atoms with E-state index in [1.807, 2.05) is 6.92 Å². The van der Waals surface area contributed by atoms with Crippen LogP contribution in [-0.2, 0) is 12.6 Å². The second-order valence-electron chi connectivity index (χ2n) is 5.41. The first-order valence-corrected chi connectivity index (χ1v) is 7.78. The van der Waals surface area contributed by atoms with E-state index in [0.717, 1.165) is 5.69 Å². The molecule has 0 fully saturated rings. The van der Waals surface area contributed by atoms with Crippen molar-refractivity contribution in [2.45, 2.75) is 19.5 Å². The minimum Gasteiger partial charge on any atom is -0.431 e. The predicted molar refractivity (Wildman–Crippen MR) is 88.5 cm³/mol. The molecule has 0 bridgehead atoms. The van der Waals surface area contributed by atoms with Crippen molar-refractivity contribution in [3.8, 4) is 11.5 Å². The molecule has 0 saturated heterocycles. The summed E-state index contributed by atoms with van der Waals surface area (Å²) in [5, 5.41) is 2.36. The lowest BCUT2D eigenvalue weighted by Gasteiger charge is -2.06. The summed E-state index contributed by atoms with van der Waals surface area (Å²) in [6.07, 6.45) is -2.77. The number of nitrogens with one attached hydrogen (secondary N) is 1. The highest BCUT2D eigenvalue weighted by Crippen LogP contribution is 2.35. The van der Waals surface area contributed by atoms with Crippen LogP contribution >= 0.6 is 0 Å². The third-order valence-corrected chi connectivity index (χ3v) is 3.57. The van der Waals surface area contributed by atoms with Crippen molar-refractivity contribution in [1.82, 2.24) is 9.97 Å². The van der Waals surface area contributed by atoms with Gasteiger partial charge in [-0.25, -0.2) is 4.98 Å². The van der Waals surface area contributed by atoms with Gasteiger partial charge < -0.3 is 9.73 Å². The smallest absolute Gasteiger partial charge is 0.431 e. The topological polar surface area (TPSA) is 68.0 Å². The number of anilines is 1. The van der Waals surface area contributed by atoms with E-state index in [1.165, 1.54) is 6.20 Å². The molecule has 0 aliphatic rings.